The molecule has 5 aromatic rings. The minimum atomic E-state index is -0.848. The first-order chi connectivity index (χ1) is 24.0. The van der Waals surface area contributed by atoms with E-state index in [-0.39, 0.29) is 24.5 Å². The second-order valence-corrected chi connectivity index (χ2v) is 12.1. The molecule has 0 saturated carbocycles. The lowest BCUT2D eigenvalue weighted by Gasteiger charge is -2.26. The van der Waals surface area contributed by atoms with Crippen LogP contribution in [0.4, 0.5) is 0 Å². The Kier molecular flexibility index (Phi) is 8.91. The average molecular weight is 677 g/mol. The minimum absolute atomic E-state index is 0.157. The Morgan fingerprint density at radius 3 is 2.47 bits per heavy atom. The number of methoxy groups -OCH3 is 2. The van der Waals surface area contributed by atoms with E-state index in [4.69, 9.17) is 33.4 Å². The summed E-state index contributed by atoms with van der Waals surface area (Å²) in [6.07, 6.45) is 1.81. The number of ether oxygens (including phenoxy) is 6. The van der Waals surface area contributed by atoms with Crippen molar-refractivity contribution >= 4 is 29.1 Å². The van der Waals surface area contributed by atoms with E-state index in [2.05, 4.69) is 0 Å². The van der Waals surface area contributed by atoms with Crippen LogP contribution in [0.1, 0.15) is 35.2 Å². The van der Waals surface area contributed by atoms with Gasteiger partial charge in [-0.3, -0.25) is 9.36 Å². The van der Waals surface area contributed by atoms with Gasteiger partial charge in [0.15, 0.2) is 27.8 Å². The highest BCUT2D eigenvalue weighted by Crippen LogP contribution is 2.38. The average Bonchev–Trinajstić information content (AvgIpc) is 3.74. The molecule has 11 heteroatoms. The number of benzene rings is 4. The van der Waals surface area contributed by atoms with Crippen molar-refractivity contribution in [2.45, 2.75) is 19.6 Å². The molecule has 1 aromatic heterocycles. The summed E-state index contributed by atoms with van der Waals surface area (Å²) >= 11 is 1.25. The molecule has 0 amide bonds. The van der Waals surface area contributed by atoms with Crippen molar-refractivity contribution in [2.75, 3.05) is 27.6 Å². The van der Waals surface area contributed by atoms with E-state index >= 15 is 0 Å². The van der Waals surface area contributed by atoms with Crippen molar-refractivity contribution in [3.05, 3.63) is 139 Å². The van der Waals surface area contributed by atoms with E-state index in [1.165, 1.54) is 18.4 Å². The van der Waals surface area contributed by atoms with Gasteiger partial charge in [-0.1, -0.05) is 65.9 Å². The van der Waals surface area contributed by atoms with Gasteiger partial charge in [-0.05, 0) is 66.1 Å². The number of carbonyl (C=O) groups is 1. The van der Waals surface area contributed by atoms with Crippen LogP contribution < -0.4 is 38.6 Å². The Labute approximate surface area is 285 Å². The predicted molar refractivity (Wildman–Crippen MR) is 184 cm³/mol. The zero-order chi connectivity index (χ0) is 33.9. The Hall–Kier alpha value is -5.81. The van der Waals surface area contributed by atoms with E-state index in [0.29, 0.717) is 50.2 Å². The van der Waals surface area contributed by atoms with Crippen molar-refractivity contribution in [3.63, 3.8) is 0 Å². The van der Waals surface area contributed by atoms with Crippen LogP contribution in [0.25, 0.3) is 11.8 Å². The normalized spacial score (nSPS) is 15.0. The van der Waals surface area contributed by atoms with Crippen LogP contribution in [0.5, 0.6) is 28.7 Å². The number of aromatic nitrogens is 1. The van der Waals surface area contributed by atoms with Crippen molar-refractivity contribution in [1.82, 2.24) is 4.57 Å². The molecule has 2 aliphatic rings. The molecule has 3 heterocycles. The molecule has 0 saturated heterocycles. The van der Waals surface area contributed by atoms with Gasteiger partial charge in [0.25, 0.3) is 5.56 Å². The molecular weight excluding hydrogens is 644 g/mol. The SMILES string of the molecule is CCOC(=O)C1=C(c2ccccc2)N=c2s/c(=C\c3ccc(OCc4ccc5c(c4)OCO5)cc3)c(=O)n2[C@H]1c1ccc(OC)c(OC)c1. The Bertz CT molecular complexity index is 2240. The van der Waals surface area contributed by atoms with Crippen LogP contribution in [0.3, 0.4) is 0 Å². The van der Waals surface area contributed by atoms with Gasteiger partial charge in [0.1, 0.15) is 12.4 Å². The second kappa shape index (κ2) is 13.7. The molecule has 7 rings (SSSR count). The maximum Gasteiger partial charge on any atom is 0.338 e. The zero-order valence-corrected chi connectivity index (χ0v) is 27.8. The maximum absolute atomic E-state index is 14.3. The van der Waals surface area contributed by atoms with Gasteiger partial charge in [0, 0.05) is 5.56 Å². The third-order valence-corrected chi connectivity index (χ3v) is 9.10. The molecule has 0 unspecified atom stereocenters. The number of hydrogen-bond acceptors (Lipinski definition) is 10. The summed E-state index contributed by atoms with van der Waals surface area (Å²) in [6, 6.07) is 27.1. The van der Waals surface area contributed by atoms with Crippen molar-refractivity contribution in [3.8, 4) is 28.7 Å². The lowest BCUT2D eigenvalue weighted by atomic mass is 9.93. The predicted octanol–water partition coefficient (Wildman–Crippen LogP) is 5.26. The van der Waals surface area contributed by atoms with Gasteiger partial charge in [-0.2, -0.15) is 0 Å². The molecular formula is C38H32N2O8S. The fourth-order valence-corrected chi connectivity index (χ4v) is 6.79. The van der Waals surface area contributed by atoms with Gasteiger partial charge in [0.05, 0.1) is 42.7 Å². The van der Waals surface area contributed by atoms with Gasteiger partial charge < -0.3 is 28.4 Å². The summed E-state index contributed by atoms with van der Waals surface area (Å²) in [5.74, 6) is 2.53. The van der Waals surface area contributed by atoms with E-state index in [9.17, 15) is 9.59 Å². The smallest absolute Gasteiger partial charge is 0.338 e. The molecule has 248 valence electrons. The van der Waals surface area contributed by atoms with Crippen LogP contribution >= 0.6 is 11.3 Å². The fourth-order valence-electron chi connectivity index (χ4n) is 5.79. The monoisotopic (exact) mass is 676 g/mol. The highest BCUT2D eigenvalue weighted by Gasteiger charge is 2.35. The summed E-state index contributed by atoms with van der Waals surface area (Å²) in [4.78, 5) is 33.4. The van der Waals surface area contributed by atoms with Gasteiger partial charge >= 0.3 is 5.97 Å². The first kappa shape index (κ1) is 31.8. The molecule has 0 N–H and O–H groups in total. The number of thiazole rings is 1. The topological polar surface area (TPSA) is 107 Å². The highest BCUT2D eigenvalue weighted by molar-refractivity contribution is 7.07. The molecule has 49 heavy (non-hydrogen) atoms. The zero-order valence-electron chi connectivity index (χ0n) is 27.0. The summed E-state index contributed by atoms with van der Waals surface area (Å²) in [7, 11) is 3.09. The van der Waals surface area contributed by atoms with Gasteiger partial charge in [-0.15, -0.1) is 0 Å². The number of hydrogen-bond donors (Lipinski definition) is 0. The van der Waals surface area contributed by atoms with Crippen molar-refractivity contribution < 1.29 is 33.2 Å². The first-order valence-corrected chi connectivity index (χ1v) is 16.4. The molecule has 0 aliphatic carbocycles. The first-order valence-electron chi connectivity index (χ1n) is 15.6. The third-order valence-electron chi connectivity index (χ3n) is 8.12. The minimum Gasteiger partial charge on any atom is -0.493 e. The standard InChI is InChI=1S/C38H32N2O8S/c1-4-45-37(42)33-34(25-8-6-5-7-9-25)39-38-40(35(33)26-13-17-28(43-2)30(20-26)44-3)36(41)32(49-38)19-23-10-14-27(15-11-23)46-21-24-12-16-29-31(18-24)48-22-47-29/h5-20,35H,4,21-22H2,1-3H3/b32-19-/t35-/m0/s1. The summed E-state index contributed by atoms with van der Waals surface area (Å²) < 4.78 is 35.5. The van der Waals surface area contributed by atoms with Crippen LogP contribution in [0, 0.1) is 0 Å². The second-order valence-electron chi connectivity index (χ2n) is 11.1. The molecule has 1 atom stereocenters. The van der Waals surface area contributed by atoms with Crippen LogP contribution in [0.15, 0.2) is 106 Å². The van der Waals surface area contributed by atoms with Crippen molar-refractivity contribution in [1.29, 1.82) is 0 Å². The lowest BCUT2D eigenvalue weighted by Crippen LogP contribution is -2.40. The Morgan fingerprint density at radius 1 is 0.939 bits per heavy atom. The largest absolute Gasteiger partial charge is 0.493 e. The fraction of sp³-hybridized carbons (Fsp3) is 0.184. The van der Waals surface area contributed by atoms with E-state index in [0.717, 1.165) is 22.4 Å². The van der Waals surface area contributed by atoms with Gasteiger partial charge in [-0.25, -0.2) is 9.79 Å². The van der Waals surface area contributed by atoms with Crippen LogP contribution in [-0.2, 0) is 16.1 Å². The van der Waals surface area contributed by atoms with E-state index in [1.807, 2.05) is 84.9 Å². The summed E-state index contributed by atoms with van der Waals surface area (Å²) in [5.41, 5.74) is 3.52. The molecule has 2 aliphatic heterocycles. The number of nitrogens with zero attached hydrogens (tertiary/aromatic N) is 2. The molecule has 0 radical (unpaired) electrons. The Balaban J connectivity index is 1.29. The quantitative estimate of drug-likeness (QED) is 0.185. The van der Waals surface area contributed by atoms with E-state index < -0.39 is 12.0 Å². The maximum atomic E-state index is 14.3. The van der Waals surface area contributed by atoms with Crippen LogP contribution in [0.2, 0.25) is 0 Å². The number of carbonyl (C=O) groups excluding carboxylic acids is 1. The molecule has 0 spiro atoms. The molecule has 4 aromatic carbocycles. The van der Waals surface area contributed by atoms with Crippen LogP contribution in [-0.4, -0.2) is 38.2 Å². The van der Waals surface area contributed by atoms with Gasteiger partial charge in [0.2, 0.25) is 6.79 Å². The number of fused-ring (bicyclic) bond motifs is 2. The third kappa shape index (κ3) is 6.28. The van der Waals surface area contributed by atoms with E-state index in [1.54, 1.807) is 30.7 Å². The number of rotatable bonds is 10. The van der Waals surface area contributed by atoms with Crippen molar-refractivity contribution in [2.24, 2.45) is 4.99 Å². The summed E-state index contributed by atoms with van der Waals surface area (Å²) in [5, 5.41) is 0. The molecule has 10 nitrogen and oxygen atoms in total. The molecule has 0 bridgehead atoms. The molecule has 0 fully saturated rings. The highest BCUT2D eigenvalue weighted by atomic mass is 32.1. The Morgan fingerprint density at radius 2 is 1.71 bits per heavy atom. The summed E-state index contributed by atoms with van der Waals surface area (Å²) in [6.45, 7) is 2.48. The number of esters is 1. The lowest BCUT2D eigenvalue weighted by molar-refractivity contribution is -0.138.